The van der Waals surface area contributed by atoms with Crippen LogP contribution in [0.2, 0.25) is 0 Å². The molecule has 150 valence electrons. The van der Waals surface area contributed by atoms with Crippen LogP contribution in [0.3, 0.4) is 0 Å². The highest BCUT2D eigenvalue weighted by Gasteiger charge is 2.51. The van der Waals surface area contributed by atoms with Crippen molar-refractivity contribution in [3.63, 3.8) is 0 Å². The topological polar surface area (TPSA) is 68.2 Å². The maximum Gasteiger partial charge on any atom is 0.416 e. The number of hydrogen-bond donors (Lipinski definition) is 2. The summed E-state index contributed by atoms with van der Waals surface area (Å²) in [4.78, 5) is 12.3. The Morgan fingerprint density at radius 1 is 1.39 bits per heavy atom. The molecule has 0 atom stereocenters. The van der Waals surface area contributed by atoms with Crippen LogP contribution in [0.4, 0.5) is 23.7 Å². The first-order valence-electron chi connectivity index (χ1n) is 9.23. The van der Waals surface area contributed by atoms with Gasteiger partial charge in [-0.15, -0.1) is 0 Å². The van der Waals surface area contributed by atoms with Gasteiger partial charge in [0.25, 0.3) is 0 Å². The number of hydrogen-bond acceptors (Lipinski definition) is 3. The quantitative estimate of drug-likeness (QED) is 0.812. The number of fused-ring (bicyclic) bond motifs is 1. The molecular weight excluding hydrogens is 373 g/mol. The number of urea groups is 1. The smallest absolute Gasteiger partial charge is 0.373 e. The normalized spacial score (nSPS) is 23.4. The van der Waals surface area contributed by atoms with Crippen LogP contribution in [0.1, 0.15) is 31.0 Å². The summed E-state index contributed by atoms with van der Waals surface area (Å²) in [7, 11) is 0. The van der Waals surface area contributed by atoms with Crippen molar-refractivity contribution >= 4 is 11.7 Å². The zero-order valence-electron chi connectivity index (χ0n) is 15.3. The lowest BCUT2D eigenvalue weighted by Gasteiger charge is -2.35. The average molecular weight is 394 g/mol. The number of nitrogens with zero attached hydrogens (tertiary/aromatic N) is 2. The number of ether oxygens (including phenoxy) is 1. The number of rotatable bonds is 5. The molecule has 3 aliphatic rings. The Morgan fingerprint density at radius 2 is 2.18 bits per heavy atom. The SMILES string of the molecule is CCc1c(NC(=O)NCC23CC(CO2)C3)cnn1-c1cccc(C(F)(F)F)c1. The zero-order valence-corrected chi connectivity index (χ0v) is 15.3. The van der Waals surface area contributed by atoms with Crippen LogP contribution in [0.15, 0.2) is 30.5 Å². The van der Waals surface area contributed by atoms with Crippen LogP contribution in [0.5, 0.6) is 0 Å². The van der Waals surface area contributed by atoms with Crippen LogP contribution in [0.25, 0.3) is 5.69 Å². The molecule has 2 amide bonds. The molecule has 2 bridgehead atoms. The first-order chi connectivity index (χ1) is 13.3. The van der Waals surface area contributed by atoms with E-state index < -0.39 is 11.7 Å². The minimum atomic E-state index is -4.43. The maximum absolute atomic E-state index is 13.0. The molecule has 1 aromatic heterocycles. The van der Waals surface area contributed by atoms with Gasteiger partial charge in [-0.2, -0.15) is 18.3 Å². The number of carbonyl (C=O) groups excluding carboxylic acids is 1. The third-order valence-electron chi connectivity index (χ3n) is 5.39. The lowest BCUT2D eigenvalue weighted by molar-refractivity contribution is -0.137. The molecule has 0 unspecified atom stereocenters. The molecule has 9 heteroatoms. The van der Waals surface area contributed by atoms with Crippen molar-refractivity contribution in [3.8, 4) is 5.69 Å². The molecule has 1 aromatic carbocycles. The van der Waals surface area contributed by atoms with Crippen molar-refractivity contribution in [2.45, 2.75) is 38.0 Å². The van der Waals surface area contributed by atoms with E-state index in [1.807, 2.05) is 6.92 Å². The van der Waals surface area contributed by atoms with E-state index in [9.17, 15) is 18.0 Å². The Kier molecular flexibility index (Phi) is 4.57. The molecule has 28 heavy (non-hydrogen) atoms. The van der Waals surface area contributed by atoms with Crippen molar-refractivity contribution < 1.29 is 22.7 Å². The molecule has 3 fully saturated rings. The highest BCUT2D eigenvalue weighted by atomic mass is 19.4. The minimum absolute atomic E-state index is 0.224. The fourth-order valence-corrected chi connectivity index (χ4v) is 3.98. The second kappa shape index (κ2) is 6.80. The number of benzene rings is 1. The Bertz CT molecular complexity index is 882. The maximum atomic E-state index is 13.0. The summed E-state index contributed by atoms with van der Waals surface area (Å²) in [5, 5.41) is 9.74. The Balaban J connectivity index is 1.47. The van der Waals surface area contributed by atoms with Gasteiger partial charge < -0.3 is 15.4 Å². The lowest BCUT2D eigenvalue weighted by atomic mass is 9.74. The van der Waals surface area contributed by atoms with E-state index in [1.165, 1.54) is 16.9 Å². The summed E-state index contributed by atoms with van der Waals surface area (Å²) >= 11 is 0. The number of anilines is 1. The molecule has 5 rings (SSSR count). The molecular formula is C19H21F3N4O2. The largest absolute Gasteiger partial charge is 0.416 e. The Labute approximate surface area is 160 Å². The summed E-state index contributed by atoms with van der Waals surface area (Å²) in [5.41, 5.74) is 0.406. The van der Waals surface area contributed by atoms with Crippen molar-refractivity contribution in [2.24, 2.45) is 5.92 Å². The van der Waals surface area contributed by atoms with Gasteiger partial charge in [-0.3, -0.25) is 0 Å². The first-order valence-corrected chi connectivity index (χ1v) is 9.23. The second-order valence-corrected chi connectivity index (χ2v) is 7.39. The van der Waals surface area contributed by atoms with E-state index in [2.05, 4.69) is 15.7 Å². The highest BCUT2D eigenvalue weighted by molar-refractivity contribution is 5.89. The predicted octanol–water partition coefficient (Wildman–Crippen LogP) is 3.75. The molecule has 3 heterocycles. The first kappa shape index (κ1) is 18.8. The Morgan fingerprint density at radius 3 is 2.82 bits per heavy atom. The molecule has 2 N–H and O–H groups in total. The van der Waals surface area contributed by atoms with Gasteiger partial charge in [0.15, 0.2) is 0 Å². The summed E-state index contributed by atoms with van der Waals surface area (Å²) in [5.74, 6) is 0.613. The molecule has 6 nitrogen and oxygen atoms in total. The van der Waals surface area contributed by atoms with Gasteiger partial charge in [-0.25, -0.2) is 9.48 Å². The number of carbonyl (C=O) groups is 1. The van der Waals surface area contributed by atoms with E-state index in [-0.39, 0.29) is 11.6 Å². The summed E-state index contributed by atoms with van der Waals surface area (Å²) in [6.45, 7) is 3.05. The van der Waals surface area contributed by atoms with Crippen LogP contribution < -0.4 is 10.6 Å². The molecule has 2 aromatic rings. The number of nitrogens with one attached hydrogen (secondary N) is 2. The third-order valence-corrected chi connectivity index (χ3v) is 5.39. The molecule has 0 radical (unpaired) electrons. The average Bonchev–Trinajstić information content (AvgIpc) is 3.33. The Hall–Kier alpha value is -2.55. The van der Waals surface area contributed by atoms with Gasteiger partial charge in [0, 0.05) is 6.54 Å². The van der Waals surface area contributed by atoms with E-state index >= 15 is 0 Å². The van der Waals surface area contributed by atoms with Crippen LogP contribution in [0, 0.1) is 5.92 Å². The van der Waals surface area contributed by atoms with Gasteiger partial charge in [0.1, 0.15) is 0 Å². The van der Waals surface area contributed by atoms with Gasteiger partial charge >= 0.3 is 12.2 Å². The van der Waals surface area contributed by atoms with Gasteiger partial charge in [-0.05, 0) is 43.4 Å². The van der Waals surface area contributed by atoms with E-state index in [1.54, 1.807) is 6.07 Å². The lowest BCUT2D eigenvalue weighted by Crippen LogP contribution is -2.48. The van der Waals surface area contributed by atoms with Gasteiger partial charge in [0.2, 0.25) is 0 Å². The van der Waals surface area contributed by atoms with Gasteiger partial charge in [-0.1, -0.05) is 13.0 Å². The van der Waals surface area contributed by atoms with Gasteiger partial charge in [0.05, 0.1) is 41.0 Å². The fraction of sp³-hybridized carbons (Fsp3) is 0.474. The highest BCUT2D eigenvalue weighted by Crippen LogP contribution is 2.47. The standard InChI is InChI=1S/C19H21F3N4O2/c1-2-16-15(25-17(27)23-11-18-7-12(8-18)10-28-18)9-24-26(16)14-5-3-4-13(6-14)19(20,21)22/h3-6,9,12H,2,7-8,10-11H2,1H3,(H2,23,25,27). The zero-order chi connectivity index (χ0) is 19.9. The number of aromatic nitrogens is 2. The van der Waals surface area contributed by atoms with Crippen LogP contribution in [-0.2, 0) is 17.3 Å². The van der Waals surface area contributed by atoms with Crippen molar-refractivity contribution in [2.75, 3.05) is 18.5 Å². The number of halogens is 3. The fourth-order valence-electron chi connectivity index (χ4n) is 3.98. The van der Waals surface area contributed by atoms with Crippen molar-refractivity contribution in [3.05, 3.63) is 41.7 Å². The number of amides is 2. The van der Waals surface area contributed by atoms with Crippen LogP contribution >= 0.6 is 0 Å². The molecule has 0 spiro atoms. The molecule has 1 saturated carbocycles. The van der Waals surface area contributed by atoms with Crippen molar-refractivity contribution in [1.82, 2.24) is 15.1 Å². The van der Waals surface area contributed by atoms with E-state index in [4.69, 9.17) is 4.74 Å². The third kappa shape index (κ3) is 3.46. The van der Waals surface area contributed by atoms with Crippen molar-refractivity contribution in [1.29, 1.82) is 0 Å². The van der Waals surface area contributed by atoms with E-state index in [0.29, 0.717) is 36.0 Å². The predicted molar refractivity (Wildman–Crippen MR) is 96.4 cm³/mol. The molecule has 2 saturated heterocycles. The second-order valence-electron chi connectivity index (χ2n) is 7.39. The monoisotopic (exact) mass is 394 g/mol. The minimum Gasteiger partial charge on any atom is -0.373 e. The molecule has 1 aliphatic carbocycles. The van der Waals surface area contributed by atoms with E-state index in [0.717, 1.165) is 31.6 Å². The van der Waals surface area contributed by atoms with Crippen LogP contribution in [-0.4, -0.2) is 34.6 Å². The number of alkyl halides is 3. The summed E-state index contributed by atoms with van der Waals surface area (Å²) < 4.78 is 46.1. The summed E-state index contributed by atoms with van der Waals surface area (Å²) in [6.07, 6.45) is -0.552. The molecule has 2 aliphatic heterocycles. The summed E-state index contributed by atoms with van der Waals surface area (Å²) in [6, 6.07) is 4.56.